The number of likely N-dealkylation sites (tertiary alicyclic amines) is 1. The summed E-state index contributed by atoms with van der Waals surface area (Å²) in [5.74, 6) is -3.33. The number of pyridine rings is 1. The summed E-state index contributed by atoms with van der Waals surface area (Å²) in [6.45, 7) is 5.52. The van der Waals surface area contributed by atoms with Crippen LogP contribution in [0.3, 0.4) is 0 Å². The quantitative estimate of drug-likeness (QED) is 0.326. The van der Waals surface area contributed by atoms with Crippen LogP contribution in [0, 0.1) is 25.6 Å². The molecule has 1 aromatic heterocycles. The van der Waals surface area contributed by atoms with E-state index in [2.05, 4.69) is 5.32 Å². The minimum absolute atomic E-state index is 0.0676. The van der Waals surface area contributed by atoms with Crippen LogP contribution in [0.2, 0.25) is 0 Å². The normalized spacial score (nSPS) is 21.5. The fraction of sp³-hybridized carbons (Fsp3) is 0.500. The molecule has 3 saturated heterocycles. The first-order valence-electron chi connectivity index (χ1n) is 17.4. The molecule has 10 nitrogen and oxygen atoms in total. The standard InChI is InChI=1S/C38H46F3N5O5/c1-23-24(2)37(49)43(3)20-28(23)27-18-32(50-4)29(33(19-27)51-5)21-44-11-10-34(38(40,41)22-44)46-14-12-45(13-15-46)31-8-6-25(17-30(31)39)16-26-7-9-35(47)42-36(26)48/h6,8,17-20,26,34H,7,9-16,21-22H2,1-5H3,(H,42,47,48)/t26-,34-/m0/s1. The van der Waals surface area contributed by atoms with E-state index >= 15 is 13.2 Å². The zero-order valence-corrected chi connectivity index (χ0v) is 29.9. The zero-order chi connectivity index (χ0) is 36.6. The van der Waals surface area contributed by atoms with Gasteiger partial charge in [0.2, 0.25) is 11.8 Å². The van der Waals surface area contributed by atoms with E-state index in [1.807, 2.05) is 28.9 Å². The largest absolute Gasteiger partial charge is 0.496 e. The molecule has 0 radical (unpaired) electrons. The van der Waals surface area contributed by atoms with Gasteiger partial charge in [-0.1, -0.05) is 6.07 Å². The number of carbonyl (C=O) groups excluding carboxylic acids is 2. The Morgan fingerprint density at radius 3 is 2.22 bits per heavy atom. The molecular weight excluding hydrogens is 663 g/mol. The van der Waals surface area contributed by atoms with Crippen molar-refractivity contribution in [3.05, 3.63) is 75.0 Å². The van der Waals surface area contributed by atoms with Crippen LogP contribution >= 0.6 is 0 Å². The van der Waals surface area contributed by atoms with Crippen molar-refractivity contribution in [1.82, 2.24) is 19.7 Å². The number of aromatic nitrogens is 1. The molecule has 274 valence electrons. The third kappa shape index (κ3) is 7.50. The van der Waals surface area contributed by atoms with Crippen molar-refractivity contribution >= 4 is 17.5 Å². The topological polar surface area (TPSA) is 96.3 Å². The molecule has 0 aliphatic carbocycles. The fourth-order valence-corrected chi connectivity index (χ4v) is 7.80. The molecule has 0 unspecified atom stereocenters. The summed E-state index contributed by atoms with van der Waals surface area (Å²) in [5, 5.41) is 2.34. The second-order valence-electron chi connectivity index (χ2n) is 14.0. The SMILES string of the molecule is COc1cc(-c2cn(C)c(=O)c(C)c2C)cc(OC)c1CN1CC[C@H](N2CCN(c3ccc(C[C@@H]4CCC(=O)NC4=O)cc3F)CC2)C(F)(F)C1. The Labute approximate surface area is 296 Å². The third-order valence-electron chi connectivity index (χ3n) is 10.8. The number of hydrogen-bond acceptors (Lipinski definition) is 8. The number of imide groups is 1. The summed E-state index contributed by atoms with van der Waals surface area (Å²) in [4.78, 5) is 41.5. The molecule has 3 fully saturated rings. The molecule has 13 heteroatoms. The molecule has 2 atom stereocenters. The van der Waals surface area contributed by atoms with E-state index in [4.69, 9.17) is 9.47 Å². The lowest BCUT2D eigenvalue weighted by Crippen LogP contribution is -2.61. The average Bonchev–Trinajstić information content (AvgIpc) is 3.10. The first kappa shape index (κ1) is 36.4. The average molecular weight is 710 g/mol. The van der Waals surface area contributed by atoms with Gasteiger partial charge in [-0.05, 0) is 74.1 Å². The van der Waals surface area contributed by atoms with Gasteiger partial charge in [0.1, 0.15) is 17.3 Å². The van der Waals surface area contributed by atoms with Crippen molar-refractivity contribution in [2.45, 2.75) is 58.0 Å². The highest BCUT2D eigenvalue weighted by molar-refractivity contribution is 5.98. The lowest BCUT2D eigenvalue weighted by molar-refractivity contribution is -0.136. The Kier molecular flexibility index (Phi) is 10.5. The van der Waals surface area contributed by atoms with Crippen molar-refractivity contribution in [3.63, 3.8) is 0 Å². The summed E-state index contributed by atoms with van der Waals surface area (Å²) >= 11 is 0. The van der Waals surface area contributed by atoms with Gasteiger partial charge >= 0.3 is 0 Å². The van der Waals surface area contributed by atoms with Gasteiger partial charge in [-0.25, -0.2) is 13.2 Å². The van der Waals surface area contributed by atoms with Gasteiger partial charge in [-0.3, -0.25) is 29.5 Å². The van der Waals surface area contributed by atoms with Crippen LogP contribution in [0.15, 0.2) is 41.3 Å². The second-order valence-corrected chi connectivity index (χ2v) is 14.0. The van der Waals surface area contributed by atoms with Crippen molar-refractivity contribution in [3.8, 4) is 22.6 Å². The monoisotopic (exact) mass is 709 g/mol. The highest BCUT2D eigenvalue weighted by Crippen LogP contribution is 2.39. The van der Waals surface area contributed by atoms with Gasteiger partial charge in [-0.15, -0.1) is 0 Å². The highest BCUT2D eigenvalue weighted by Gasteiger charge is 2.48. The number of halogens is 3. The first-order chi connectivity index (χ1) is 24.3. The number of piperazine rings is 1. The number of amides is 2. The van der Waals surface area contributed by atoms with Crippen LogP contribution in [0.25, 0.3) is 11.1 Å². The molecular formula is C38H46F3N5O5. The number of benzene rings is 2. The second kappa shape index (κ2) is 14.7. The van der Waals surface area contributed by atoms with Crippen LogP contribution in [-0.4, -0.2) is 91.6 Å². The van der Waals surface area contributed by atoms with E-state index in [-0.39, 0.29) is 42.7 Å². The first-order valence-corrected chi connectivity index (χ1v) is 17.4. The van der Waals surface area contributed by atoms with Crippen LogP contribution in [0.4, 0.5) is 18.9 Å². The maximum Gasteiger partial charge on any atom is 0.275 e. The van der Waals surface area contributed by atoms with E-state index in [1.54, 1.807) is 56.0 Å². The molecule has 0 bridgehead atoms. The number of alkyl halides is 2. The number of aryl methyl sites for hydroxylation is 1. The third-order valence-corrected chi connectivity index (χ3v) is 10.8. The number of hydrogen-bond donors (Lipinski definition) is 1. The van der Waals surface area contributed by atoms with Crippen molar-refractivity contribution in [2.75, 3.05) is 58.4 Å². The Morgan fingerprint density at radius 1 is 0.922 bits per heavy atom. The van der Waals surface area contributed by atoms with E-state index in [9.17, 15) is 14.4 Å². The Bertz CT molecular complexity index is 1850. The molecule has 0 spiro atoms. The molecule has 51 heavy (non-hydrogen) atoms. The van der Waals surface area contributed by atoms with Gasteiger partial charge in [0.05, 0.1) is 38.1 Å². The summed E-state index contributed by atoms with van der Waals surface area (Å²) < 4.78 is 60.1. The lowest BCUT2D eigenvalue weighted by atomic mass is 9.91. The number of nitrogens with zero attached hydrogens (tertiary/aromatic N) is 4. The van der Waals surface area contributed by atoms with E-state index in [0.717, 1.165) is 16.7 Å². The Hall–Kier alpha value is -4.36. The molecule has 0 saturated carbocycles. The maximum atomic E-state index is 15.9. The van der Waals surface area contributed by atoms with Crippen molar-refractivity contribution < 1.29 is 32.2 Å². The summed E-state index contributed by atoms with van der Waals surface area (Å²) in [6.07, 6.45) is 3.11. The maximum absolute atomic E-state index is 15.9. The number of methoxy groups -OCH3 is 2. The number of rotatable bonds is 9. The van der Waals surface area contributed by atoms with E-state index < -0.39 is 24.3 Å². The minimum Gasteiger partial charge on any atom is -0.496 e. The number of piperidine rings is 2. The predicted molar refractivity (Wildman–Crippen MR) is 188 cm³/mol. The smallest absolute Gasteiger partial charge is 0.275 e. The summed E-state index contributed by atoms with van der Waals surface area (Å²) in [7, 11) is 4.80. The minimum atomic E-state index is -2.98. The fourth-order valence-electron chi connectivity index (χ4n) is 7.80. The molecule has 6 rings (SSSR count). The number of carbonyl (C=O) groups is 2. The predicted octanol–water partition coefficient (Wildman–Crippen LogP) is 4.45. The van der Waals surface area contributed by atoms with Gasteiger partial charge in [-0.2, -0.15) is 0 Å². The van der Waals surface area contributed by atoms with Gasteiger partial charge in [0.25, 0.3) is 11.5 Å². The summed E-state index contributed by atoms with van der Waals surface area (Å²) in [6, 6.07) is 7.72. The number of nitrogens with one attached hydrogen (secondary N) is 1. The van der Waals surface area contributed by atoms with Crippen molar-refractivity contribution in [1.29, 1.82) is 0 Å². The van der Waals surface area contributed by atoms with Crippen LogP contribution in [0.1, 0.15) is 41.5 Å². The highest BCUT2D eigenvalue weighted by atomic mass is 19.3. The van der Waals surface area contributed by atoms with Crippen LogP contribution in [0.5, 0.6) is 11.5 Å². The van der Waals surface area contributed by atoms with Gasteiger partial charge in [0, 0.05) is 76.0 Å². The molecule has 3 aliphatic heterocycles. The molecule has 4 heterocycles. The molecule has 2 amide bonds. The number of ether oxygens (including phenoxy) is 2. The molecule has 3 aliphatic rings. The van der Waals surface area contributed by atoms with E-state index in [0.29, 0.717) is 79.4 Å². The van der Waals surface area contributed by atoms with Crippen molar-refractivity contribution in [2.24, 2.45) is 13.0 Å². The van der Waals surface area contributed by atoms with Crippen LogP contribution < -0.4 is 25.2 Å². The molecule has 1 N–H and O–H groups in total. The Morgan fingerprint density at radius 2 is 1.61 bits per heavy atom. The zero-order valence-electron chi connectivity index (χ0n) is 29.9. The van der Waals surface area contributed by atoms with Gasteiger partial charge in [0.15, 0.2) is 0 Å². The van der Waals surface area contributed by atoms with Gasteiger partial charge < -0.3 is 18.9 Å². The van der Waals surface area contributed by atoms with Crippen LogP contribution in [-0.2, 0) is 29.6 Å². The van der Waals surface area contributed by atoms with E-state index in [1.165, 1.54) is 6.07 Å². The lowest BCUT2D eigenvalue weighted by Gasteiger charge is -2.46. The Balaban J connectivity index is 1.09. The number of anilines is 1. The molecule has 3 aromatic rings. The summed E-state index contributed by atoms with van der Waals surface area (Å²) in [5.41, 5.74) is 4.86. The molecule has 2 aromatic carbocycles.